The van der Waals surface area contributed by atoms with Gasteiger partial charge in [-0.3, -0.25) is 0 Å². The molecule has 1 N–H and O–H groups in total. The lowest BCUT2D eigenvalue weighted by molar-refractivity contribution is 0.306. The van der Waals surface area contributed by atoms with Crippen molar-refractivity contribution >= 4 is 0 Å². The fraction of sp³-hybridized carbons (Fsp3) is 0.667. The smallest absolute Gasteiger partial charge is 0.0233 e. The molecule has 2 fully saturated rings. The van der Waals surface area contributed by atoms with E-state index < -0.39 is 0 Å². The molecule has 0 bridgehead atoms. The molecule has 2 aliphatic rings. The van der Waals surface area contributed by atoms with Gasteiger partial charge in [0.2, 0.25) is 0 Å². The van der Waals surface area contributed by atoms with E-state index in [-0.39, 0.29) is 0 Å². The average Bonchev–Trinajstić information content (AvgIpc) is 3.32. The highest BCUT2D eigenvalue weighted by Crippen LogP contribution is 2.38. The predicted octanol–water partition coefficient (Wildman–Crippen LogP) is 3.07. The van der Waals surface area contributed by atoms with Crippen LogP contribution >= 0.6 is 0 Å². The highest BCUT2D eigenvalue weighted by molar-refractivity contribution is 5.27. The molecule has 0 spiro atoms. The molecule has 20 heavy (non-hydrogen) atoms. The Morgan fingerprint density at radius 2 is 1.90 bits per heavy atom. The molecule has 0 aliphatic heterocycles. The number of nitrogens with one attached hydrogen (secondary N) is 1. The molecule has 2 heteroatoms. The molecule has 1 aromatic carbocycles. The van der Waals surface area contributed by atoms with E-state index in [4.69, 9.17) is 0 Å². The zero-order valence-corrected chi connectivity index (χ0v) is 12.9. The fourth-order valence-corrected chi connectivity index (χ4v) is 3.06. The monoisotopic (exact) mass is 272 g/mol. The van der Waals surface area contributed by atoms with Gasteiger partial charge < -0.3 is 10.2 Å². The maximum atomic E-state index is 3.62. The summed E-state index contributed by atoms with van der Waals surface area (Å²) in [6, 6.07) is 9.79. The molecule has 0 saturated heterocycles. The van der Waals surface area contributed by atoms with Gasteiger partial charge in [-0.25, -0.2) is 0 Å². The number of hydrogen-bond acceptors (Lipinski definition) is 2. The minimum absolute atomic E-state index is 0.821. The Morgan fingerprint density at radius 1 is 1.20 bits per heavy atom. The van der Waals surface area contributed by atoms with Crippen molar-refractivity contribution in [1.29, 1.82) is 0 Å². The van der Waals surface area contributed by atoms with E-state index >= 15 is 0 Å². The molecule has 0 radical (unpaired) electrons. The quantitative estimate of drug-likeness (QED) is 0.782. The second kappa shape index (κ2) is 6.28. The largest absolute Gasteiger partial charge is 0.314 e. The summed E-state index contributed by atoms with van der Waals surface area (Å²) in [5, 5.41) is 3.62. The first-order valence-electron chi connectivity index (χ1n) is 8.21. The van der Waals surface area contributed by atoms with Gasteiger partial charge in [-0.05, 0) is 62.2 Å². The molecular weight excluding hydrogens is 244 g/mol. The van der Waals surface area contributed by atoms with Gasteiger partial charge in [-0.1, -0.05) is 31.2 Å². The van der Waals surface area contributed by atoms with Crippen molar-refractivity contribution in [3.63, 3.8) is 0 Å². The average molecular weight is 272 g/mol. The molecule has 2 aliphatic carbocycles. The Bertz CT molecular complexity index is 439. The molecular formula is C18H28N2. The van der Waals surface area contributed by atoms with Crippen molar-refractivity contribution < 1.29 is 0 Å². The zero-order chi connectivity index (χ0) is 13.9. The summed E-state index contributed by atoms with van der Waals surface area (Å²) in [4.78, 5) is 2.50. The summed E-state index contributed by atoms with van der Waals surface area (Å²) in [5.74, 6) is 1.90. The van der Waals surface area contributed by atoms with Gasteiger partial charge in [0.1, 0.15) is 0 Å². The normalized spacial score (nSPS) is 25.1. The van der Waals surface area contributed by atoms with Crippen LogP contribution in [-0.4, -0.2) is 31.1 Å². The van der Waals surface area contributed by atoms with E-state index in [1.165, 1.54) is 43.4 Å². The molecule has 2 nitrogen and oxygen atoms in total. The van der Waals surface area contributed by atoms with Crippen LogP contribution in [0.25, 0.3) is 0 Å². The summed E-state index contributed by atoms with van der Waals surface area (Å²) >= 11 is 0. The van der Waals surface area contributed by atoms with E-state index in [1.54, 1.807) is 0 Å². The van der Waals surface area contributed by atoms with Crippen molar-refractivity contribution in [3.05, 3.63) is 35.4 Å². The molecule has 0 amide bonds. The van der Waals surface area contributed by atoms with Gasteiger partial charge in [-0.15, -0.1) is 0 Å². The van der Waals surface area contributed by atoms with Crippen molar-refractivity contribution in [2.75, 3.05) is 20.1 Å². The summed E-state index contributed by atoms with van der Waals surface area (Å²) in [6.07, 6.45) is 5.35. The van der Waals surface area contributed by atoms with E-state index in [0.29, 0.717) is 0 Å². The Kier molecular flexibility index (Phi) is 4.42. The number of benzene rings is 1. The Balaban J connectivity index is 1.50. The third-order valence-electron chi connectivity index (χ3n) is 4.79. The predicted molar refractivity (Wildman–Crippen MR) is 84.8 cm³/mol. The standard InChI is InChI=1S/C18H28N2/c1-14-11-17(14)13-20(2)12-16-6-4-3-5-15(16)9-10-19-18-7-8-18/h3-6,14,17-19H,7-13H2,1-2H3. The second-order valence-electron chi connectivity index (χ2n) is 6.92. The first-order chi connectivity index (χ1) is 9.72. The summed E-state index contributed by atoms with van der Waals surface area (Å²) in [6.45, 7) is 5.86. The van der Waals surface area contributed by atoms with E-state index in [2.05, 4.69) is 48.5 Å². The molecule has 2 atom stereocenters. The zero-order valence-electron chi connectivity index (χ0n) is 12.9. The third kappa shape index (κ3) is 4.07. The molecule has 1 aromatic rings. The number of hydrogen-bond donors (Lipinski definition) is 1. The van der Waals surface area contributed by atoms with Crippen LogP contribution in [0.15, 0.2) is 24.3 Å². The minimum Gasteiger partial charge on any atom is -0.314 e. The van der Waals surface area contributed by atoms with Gasteiger partial charge >= 0.3 is 0 Å². The van der Waals surface area contributed by atoms with E-state index in [9.17, 15) is 0 Å². The van der Waals surface area contributed by atoms with Gasteiger partial charge in [0.15, 0.2) is 0 Å². The minimum atomic E-state index is 0.821. The van der Waals surface area contributed by atoms with Gasteiger partial charge in [0, 0.05) is 19.1 Å². The van der Waals surface area contributed by atoms with Gasteiger partial charge in [0.05, 0.1) is 0 Å². The SMILES string of the molecule is CC1CC1CN(C)Cc1ccccc1CCNC1CC1. The Labute approximate surface area is 123 Å². The van der Waals surface area contributed by atoms with Crippen LogP contribution in [-0.2, 0) is 13.0 Å². The lowest BCUT2D eigenvalue weighted by atomic mass is 10.0. The second-order valence-corrected chi connectivity index (χ2v) is 6.92. The lowest BCUT2D eigenvalue weighted by Gasteiger charge is -2.19. The van der Waals surface area contributed by atoms with Gasteiger partial charge in [0.25, 0.3) is 0 Å². The number of nitrogens with zero attached hydrogens (tertiary/aromatic N) is 1. The van der Waals surface area contributed by atoms with Crippen LogP contribution < -0.4 is 5.32 Å². The first-order valence-corrected chi connectivity index (χ1v) is 8.21. The lowest BCUT2D eigenvalue weighted by Crippen LogP contribution is -2.23. The van der Waals surface area contributed by atoms with Crippen molar-refractivity contribution in [2.45, 2.75) is 45.2 Å². The molecule has 0 aromatic heterocycles. The summed E-state index contributed by atoms with van der Waals surface area (Å²) < 4.78 is 0. The van der Waals surface area contributed by atoms with E-state index in [0.717, 1.165) is 31.0 Å². The maximum absolute atomic E-state index is 3.62. The maximum Gasteiger partial charge on any atom is 0.0233 e. The Morgan fingerprint density at radius 3 is 2.55 bits per heavy atom. The summed E-state index contributed by atoms with van der Waals surface area (Å²) in [5.41, 5.74) is 3.04. The highest BCUT2D eigenvalue weighted by Gasteiger charge is 2.33. The van der Waals surface area contributed by atoms with Crippen LogP contribution in [0, 0.1) is 11.8 Å². The van der Waals surface area contributed by atoms with Crippen molar-refractivity contribution in [1.82, 2.24) is 10.2 Å². The fourth-order valence-electron chi connectivity index (χ4n) is 3.06. The third-order valence-corrected chi connectivity index (χ3v) is 4.79. The van der Waals surface area contributed by atoms with Crippen molar-refractivity contribution in [2.24, 2.45) is 11.8 Å². The van der Waals surface area contributed by atoms with Crippen molar-refractivity contribution in [3.8, 4) is 0 Å². The van der Waals surface area contributed by atoms with Crippen LogP contribution in [0.2, 0.25) is 0 Å². The van der Waals surface area contributed by atoms with Crippen LogP contribution in [0.5, 0.6) is 0 Å². The molecule has 0 heterocycles. The highest BCUT2D eigenvalue weighted by atomic mass is 15.1. The van der Waals surface area contributed by atoms with Gasteiger partial charge in [-0.2, -0.15) is 0 Å². The molecule has 3 rings (SSSR count). The molecule has 2 unspecified atom stereocenters. The van der Waals surface area contributed by atoms with Crippen LogP contribution in [0.3, 0.4) is 0 Å². The summed E-state index contributed by atoms with van der Waals surface area (Å²) in [7, 11) is 2.27. The molecule has 110 valence electrons. The molecule has 2 saturated carbocycles. The van der Waals surface area contributed by atoms with E-state index in [1.807, 2.05) is 0 Å². The topological polar surface area (TPSA) is 15.3 Å². The van der Waals surface area contributed by atoms with Crippen LogP contribution in [0.1, 0.15) is 37.3 Å². The Hall–Kier alpha value is -0.860. The number of rotatable bonds is 8. The van der Waals surface area contributed by atoms with Crippen LogP contribution in [0.4, 0.5) is 0 Å². The first kappa shape index (κ1) is 14.1.